The van der Waals surface area contributed by atoms with E-state index in [1.807, 2.05) is 0 Å². The summed E-state index contributed by atoms with van der Waals surface area (Å²) in [5.41, 5.74) is 0. The third-order valence-electron chi connectivity index (χ3n) is 1.94. The topological polar surface area (TPSA) is 67.4 Å². The average molecular weight is 240 g/mol. The molecule has 0 saturated carbocycles. The van der Waals surface area contributed by atoms with Crippen molar-refractivity contribution in [1.82, 2.24) is 10.6 Å². The quantitative estimate of drug-likeness (QED) is 0.757. The molecule has 1 heterocycles. The summed E-state index contributed by atoms with van der Waals surface area (Å²) in [5.74, 6) is -0.129. The van der Waals surface area contributed by atoms with Crippen LogP contribution < -0.4 is 10.6 Å². The first-order chi connectivity index (χ1) is 7.37. The summed E-state index contributed by atoms with van der Waals surface area (Å²) in [6, 6.07) is -0.231. The number of ether oxygens (including phenoxy) is 1. The molecule has 0 aromatic rings. The van der Waals surface area contributed by atoms with Crippen molar-refractivity contribution >= 4 is 12.0 Å². The van der Waals surface area contributed by atoms with E-state index in [-0.39, 0.29) is 18.5 Å². The number of carbonyl (C=O) groups is 2. The Morgan fingerprint density at radius 2 is 2.25 bits per heavy atom. The van der Waals surface area contributed by atoms with Gasteiger partial charge in [0.15, 0.2) is 6.61 Å². The summed E-state index contributed by atoms with van der Waals surface area (Å²) in [6.45, 7) is -1.54. The molecule has 1 rings (SSSR count). The van der Waals surface area contributed by atoms with Crippen LogP contribution in [0.5, 0.6) is 0 Å². The summed E-state index contributed by atoms with van der Waals surface area (Å²) in [7, 11) is 0. The first-order valence-electron chi connectivity index (χ1n) is 4.63. The molecule has 16 heavy (non-hydrogen) atoms. The van der Waals surface area contributed by atoms with Gasteiger partial charge in [0.25, 0.3) is 0 Å². The Kier molecular flexibility index (Phi) is 3.97. The van der Waals surface area contributed by atoms with Gasteiger partial charge in [0.1, 0.15) is 0 Å². The van der Waals surface area contributed by atoms with E-state index in [0.717, 1.165) is 0 Å². The van der Waals surface area contributed by atoms with Crippen molar-refractivity contribution in [3.8, 4) is 0 Å². The normalized spacial score (nSPS) is 20.4. The van der Waals surface area contributed by atoms with E-state index in [1.165, 1.54) is 0 Å². The molecule has 2 N–H and O–H groups in total. The highest BCUT2D eigenvalue weighted by Crippen LogP contribution is 2.14. The molecule has 0 radical (unpaired) electrons. The van der Waals surface area contributed by atoms with E-state index in [9.17, 15) is 22.8 Å². The molecule has 1 saturated heterocycles. The van der Waals surface area contributed by atoms with Crippen LogP contribution in [0.1, 0.15) is 12.8 Å². The maximum atomic E-state index is 11.6. The fraction of sp³-hybridized carbons (Fsp3) is 0.750. The number of alkyl halides is 3. The van der Waals surface area contributed by atoms with E-state index in [2.05, 4.69) is 15.4 Å². The second-order valence-corrected chi connectivity index (χ2v) is 3.38. The molecule has 1 fully saturated rings. The van der Waals surface area contributed by atoms with Crippen LogP contribution in [0.3, 0.4) is 0 Å². The monoisotopic (exact) mass is 240 g/mol. The van der Waals surface area contributed by atoms with Crippen molar-refractivity contribution in [2.75, 3.05) is 13.2 Å². The third-order valence-corrected chi connectivity index (χ3v) is 1.94. The number of nitrogens with one attached hydrogen (secondary N) is 2. The number of hydrogen-bond acceptors (Lipinski definition) is 3. The van der Waals surface area contributed by atoms with Crippen molar-refractivity contribution in [3.63, 3.8) is 0 Å². The largest absolute Gasteiger partial charge is 0.440 e. The van der Waals surface area contributed by atoms with E-state index in [1.54, 1.807) is 0 Å². The summed E-state index contributed by atoms with van der Waals surface area (Å²) in [5, 5.41) is 4.69. The van der Waals surface area contributed by atoms with Gasteiger partial charge in [-0.2, -0.15) is 13.2 Å². The molecule has 0 aliphatic carbocycles. The molecule has 92 valence electrons. The molecule has 0 aromatic heterocycles. The molecule has 0 aromatic carbocycles. The summed E-state index contributed by atoms with van der Waals surface area (Å²) >= 11 is 0. The number of hydrogen-bond donors (Lipinski definition) is 2. The highest BCUT2D eigenvalue weighted by Gasteiger charge is 2.29. The Bertz CT molecular complexity index is 280. The van der Waals surface area contributed by atoms with Gasteiger partial charge in [-0.3, -0.25) is 4.79 Å². The second-order valence-electron chi connectivity index (χ2n) is 3.38. The van der Waals surface area contributed by atoms with Gasteiger partial charge in [-0.05, 0) is 6.42 Å². The smallest absolute Gasteiger partial charge is 0.422 e. The second kappa shape index (κ2) is 5.04. The lowest BCUT2D eigenvalue weighted by atomic mass is 10.2. The first-order valence-corrected chi connectivity index (χ1v) is 4.63. The molecular formula is C8H11F3N2O3. The van der Waals surface area contributed by atoms with Crippen molar-refractivity contribution in [3.05, 3.63) is 0 Å². The fourth-order valence-corrected chi connectivity index (χ4v) is 1.24. The summed E-state index contributed by atoms with van der Waals surface area (Å²) in [4.78, 5) is 21.5. The number of amides is 2. The average Bonchev–Trinajstić information content (AvgIpc) is 2.57. The van der Waals surface area contributed by atoms with Crippen molar-refractivity contribution in [2.24, 2.45) is 0 Å². The van der Waals surface area contributed by atoms with Crippen LogP contribution in [0.25, 0.3) is 0 Å². The molecule has 1 aliphatic rings. The zero-order valence-electron chi connectivity index (χ0n) is 8.26. The molecule has 1 aliphatic heterocycles. The standard InChI is InChI=1S/C8H11F3N2O3/c9-8(10,11)4-16-7(15)12-3-5-1-2-6(14)13-5/h5H,1-4H2,(H,12,15)(H,13,14). The molecule has 2 amide bonds. The molecule has 1 unspecified atom stereocenters. The first kappa shape index (κ1) is 12.6. The number of alkyl carbamates (subject to hydrolysis) is 1. The maximum absolute atomic E-state index is 11.6. The Hall–Kier alpha value is -1.47. The van der Waals surface area contributed by atoms with Gasteiger partial charge in [0, 0.05) is 19.0 Å². The van der Waals surface area contributed by atoms with Gasteiger partial charge >= 0.3 is 12.3 Å². The molecule has 0 spiro atoms. The summed E-state index contributed by atoms with van der Waals surface area (Å²) in [6.07, 6.45) is -4.75. The SMILES string of the molecule is O=C1CCC(CNC(=O)OCC(F)(F)F)N1. The van der Waals surface area contributed by atoms with Crippen LogP contribution in [-0.4, -0.2) is 37.4 Å². The number of carbonyl (C=O) groups excluding carboxylic acids is 2. The lowest BCUT2D eigenvalue weighted by Gasteiger charge is -2.12. The van der Waals surface area contributed by atoms with Crippen LogP contribution in [0.2, 0.25) is 0 Å². The number of halogens is 3. The fourth-order valence-electron chi connectivity index (χ4n) is 1.24. The molecule has 5 nitrogen and oxygen atoms in total. The summed E-state index contributed by atoms with van der Waals surface area (Å²) < 4.78 is 38.8. The van der Waals surface area contributed by atoms with Gasteiger partial charge in [-0.25, -0.2) is 4.79 Å². The Morgan fingerprint density at radius 1 is 1.56 bits per heavy atom. The lowest BCUT2D eigenvalue weighted by molar-refractivity contribution is -0.160. The minimum Gasteiger partial charge on any atom is -0.440 e. The van der Waals surface area contributed by atoms with Crippen molar-refractivity contribution in [1.29, 1.82) is 0 Å². The predicted molar refractivity (Wildman–Crippen MR) is 46.6 cm³/mol. The zero-order valence-corrected chi connectivity index (χ0v) is 8.26. The van der Waals surface area contributed by atoms with Crippen molar-refractivity contribution in [2.45, 2.75) is 25.1 Å². The van der Waals surface area contributed by atoms with E-state index < -0.39 is 18.9 Å². The minimum atomic E-state index is -4.53. The molecule has 1 atom stereocenters. The number of rotatable bonds is 3. The van der Waals surface area contributed by atoms with Gasteiger partial charge in [-0.15, -0.1) is 0 Å². The van der Waals surface area contributed by atoms with Gasteiger partial charge in [0.05, 0.1) is 0 Å². The molecular weight excluding hydrogens is 229 g/mol. The maximum Gasteiger partial charge on any atom is 0.422 e. The van der Waals surface area contributed by atoms with E-state index >= 15 is 0 Å². The molecule has 8 heteroatoms. The van der Waals surface area contributed by atoms with Crippen LogP contribution in [0.4, 0.5) is 18.0 Å². The zero-order chi connectivity index (χ0) is 12.2. The Labute approximate surface area is 89.3 Å². The van der Waals surface area contributed by atoms with Crippen LogP contribution in [0.15, 0.2) is 0 Å². The molecule has 0 bridgehead atoms. The third kappa shape index (κ3) is 4.85. The highest BCUT2D eigenvalue weighted by atomic mass is 19.4. The van der Waals surface area contributed by atoms with Crippen LogP contribution in [0, 0.1) is 0 Å². The van der Waals surface area contributed by atoms with Gasteiger partial charge in [-0.1, -0.05) is 0 Å². The van der Waals surface area contributed by atoms with E-state index in [0.29, 0.717) is 12.8 Å². The van der Waals surface area contributed by atoms with Gasteiger partial charge in [0.2, 0.25) is 5.91 Å². The minimum absolute atomic E-state index is 0.0719. The van der Waals surface area contributed by atoms with E-state index in [4.69, 9.17) is 0 Å². The van der Waals surface area contributed by atoms with Crippen molar-refractivity contribution < 1.29 is 27.5 Å². The van der Waals surface area contributed by atoms with Crippen LogP contribution in [-0.2, 0) is 9.53 Å². The predicted octanol–water partition coefficient (Wildman–Crippen LogP) is 0.554. The lowest BCUT2D eigenvalue weighted by Crippen LogP contribution is -2.39. The Balaban J connectivity index is 2.13. The Morgan fingerprint density at radius 3 is 2.75 bits per heavy atom. The highest BCUT2D eigenvalue weighted by molar-refractivity contribution is 5.78. The van der Waals surface area contributed by atoms with Gasteiger partial charge < -0.3 is 15.4 Å². The van der Waals surface area contributed by atoms with Crippen LogP contribution >= 0.6 is 0 Å².